The number of nitrogens with zero attached hydrogens (tertiary/aromatic N) is 1. The Labute approximate surface area is 170 Å². The minimum Gasteiger partial charge on any atom is -0.495 e. The van der Waals surface area contributed by atoms with Crippen LogP contribution in [0.3, 0.4) is 0 Å². The molecule has 8 nitrogen and oxygen atoms in total. The molecule has 2 aromatic rings. The van der Waals surface area contributed by atoms with E-state index in [4.69, 9.17) is 9.47 Å². The van der Waals surface area contributed by atoms with Crippen LogP contribution in [0.2, 0.25) is 0 Å². The van der Waals surface area contributed by atoms with Crippen molar-refractivity contribution in [3.8, 4) is 5.75 Å². The van der Waals surface area contributed by atoms with E-state index in [1.807, 2.05) is 0 Å². The van der Waals surface area contributed by atoms with Gasteiger partial charge in [0.25, 0.3) is 5.91 Å². The van der Waals surface area contributed by atoms with Crippen LogP contribution in [0.1, 0.15) is 22.8 Å². The molecule has 1 N–H and O–H groups in total. The van der Waals surface area contributed by atoms with Crippen LogP contribution < -0.4 is 9.46 Å². The van der Waals surface area contributed by atoms with Crippen molar-refractivity contribution in [3.05, 3.63) is 59.7 Å². The highest BCUT2D eigenvalue weighted by Crippen LogP contribution is 2.22. The molecule has 0 saturated carbocycles. The van der Waals surface area contributed by atoms with Crippen LogP contribution in [0.5, 0.6) is 5.75 Å². The SMILES string of the molecule is COc1ccccc1S(=O)(=O)NCc1ccc(C(=O)O[C@@H](C)C(=O)N(C)C)cc1. The first-order valence-electron chi connectivity index (χ1n) is 8.79. The first-order chi connectivity index (χ1) is 13.7. The number of ether oxygens (including phenoxy) is 2. The summed E-state index contributed by atoms with van der Waals surface area (Å²) < 4.78 is 37.7. The van der Waals surface area contributed by atoms with Gasteiger partial charge in [-0.25, -0.2) is 17.9 Å². The first-order valence-corrected chi connectivity index (χ1v) is 10.3. The van der Waals surface area contributed by atoms with E-state index in [0.717, 1.165) is 0 Å². The second-order valence-electron chi connectivity index (χ2n) is 6.45. The largest absolute Gasteiger partial charge is 0.495 e. The molecular formula is C20H24N2O6S. The molecule has 0 fully saturated rings. The minimum absolute atomic E-state index is 0.0330. The lowest BCUT2D eigenvalue weighted by molar-refractivity contribution is -0.137. The van der Waals surface area contributed by atoms with Gasteiger partial charge in [-0.3, -0.25) is 4.79 Å². The second kappa shape index (κ2) is 9.53. The summed E-state index contributed by atoms with van der Waals surface area (Å²) in [5.74, 6) is -0.700. The Kier molecular flexibility index (Phi) is 7.35. The van der Waals surface area contributed by atoms with Crippen LogP contribution in [0, 0.1) is 0 Å². The molecule has 0 heterocycles. The average Bonchev–Trinajstić information content (AvgIpc) is 2.71. The third-order valence-corrected chi connectivity index (χ3v) is 5.53. The lowest BCUT2D eigenvalue weighted by Gasteiger charge is -2.17. The van der Waals surface area contributed by atoms with E-state index in [1.54, 1.807) is 44.4 Å². The Hall–Kier alpha value is -2.91. The molecule has 0 aromatic heterocycles. The van der Waals surface area contributed by atoms with Crippen molar-refractivity contribution in [3.63, 3.8) is 0 Å². The highest BCUT2D eigenvalue weighted by Gasteiger charge is 2.21. The second-order valence-corrected chi connectivity index (χ2v) is 8.19. The molecule has 0 unspecified atom stereocenters. The summed E-state index contributed by atoms with van der Waals surface area (Å²) in [5, 5.41) is 0. The zero-order valence-corrected chi connectivity index (χ0v) is 17.5. The van der Waals surface area contributed by atoms with E-state index in [1.165, 1.54) is 37.1 Å². The van der Waals surface area contributed by atoms with Gasteiger partial charge in [0.05, 0.1) is 12.7 Å². The smallest absolute Gasteiger partial charge is 0.338 e. The molecule has 1 atom stereocenters. The highest BCUT2D eigenvalue weighted by atomic mass is 32.2. The molecule has 0 saturated heterocycles. The lowest BCUT2D eigenvalue weighted by atomic mass is 10.1. The summed E-state index contributed by atoms with van der Waals surface area (Å²) in [4.78, 5) is 25.3. The molecular weight excluding hydrogens is 396 g/mol. The summed E-state index contributed by atoms with van der Waals surface area (Å²) in [6.07, 6.45) is -0.898. The summed E-state index contributed by atoms with van der Waals surface area (Å²) >= 11 is 0. The van der Waals surface area contributed by atoms with Gasteiger partial charge in [0.15, 0.2) is 6.10 Å². The number of sulfonamides is 1. The topological polar surface area (TPSA) is 102 Å². The molecule has 9 heteroatoms. The molecule has 0 aliphatic carbocycles. The van der Waals surface area contributed by atoms with Crippen LogP contribution in [0.4, 0.5) is 0 Å². The van der Waals surface area contributed by atoms with Gasteiger partial charge in [0.1, 0.15) is 10.6 Å². The third kappa shape index (κ3) is 5.78. The molecule has 0 bridgehead atoms. The molecule has 0 aliphatic rings. The summed E-state index contributed by atoms with van der Waals surface area (Å²) in [6, 6.07) is 12.6. The zero-order valence-electron chi connectivity index (χ0n) is 16.7. The number of esters is 1. The zero-order chi connectivity index (χ0) is 21.6. The van der Waals surface area contributed by atoms with Crippen molar-refractivity contribution in [2.24, 2.45) is 0 Å². The van der Waals surface area contributed by atoms with Gasteiger partial charge in [-0.15, -0.1) is 0 Å². The van der Waals surface area contributed by atoms with Crippen LogP contribution in [0.15, 0.2) is 53.4 Å². The number of hydrogen-bond donors (Lipinski definition) is 1. The maximum absolute atomic E-state index is 12.5. The molecule has 156 valence electrons. The van der Waals surface area contributed by atoms with Crippen molar-refractivity contribution in [1.82, 2.24) is 9.62 Å². The fourth-order valence-corrected chi connectivity index (χ4v) is 3.68. The summed E-state index contributed by atoms with van der Waals surface area (Å²) in [7, 11) is 0.786. The number of methoxy groups -OCH3 is 1. The van der Waals surface area contributed by atoms with Crippen LogP contribution >= 0.6 is 0 Å². The number of rotatable bonds is 8. The summed E-state index contributed by atoms with van der Waals surface area (Å²) in [6.45, 7) is 1.53. The Bertz CT molecular complexity index is 971. The van der Waals surface area contributed by atoms with Gasteiger partial charge in [-0.05, 0) is 36.8 Å². The number of hydrogen-bond acceptors (Lipinski definition) is 6. The van der Waals surface area contributed by atoms with Crippen molar-refractivity contribution in [2.45, 2.75) is 24.5 Å². The maximum Gasteiger partial charge on any atom is 0.338 e. The Morgan fingerprint density at radius 2 is 1.69 bits per heavy atom. The fraction of sp³-hybridized carbons (Fsp3) is 0.300. The minimum atomic E-state index is -3.77. The van der Waals surface area contributed by atoms with Gasteiger partial charge in [-0.1, -0.05) is 24.3 Å². The average molecular weight is 420 g/mol. The van der Waals surface area contributed by atoms with Crippen molar-refractivity contribution >= 4 is 21.9 Å². The van der Waals surface area contributed by atoms with Gasteiger partial charge >= 0.3 is 5.97 Å². The summed E-state index contributed by atoms with van der Waals surface area (Å²) in [5.41, 5.74) is 0.914. The Balaban J connectivity index is 2.02. The standard InChI is InChI=1S/C20H24N2O6S/c1-14(19(23)22(2)3)28-20(24)16-11-9-15(10-12-16)13-21-29(25,26)18-8-6-5-7-17(18)27-4/h5-12,14,21H,13H2,1-4H3/t14-/m0/s1. The van der Waals surface area contributed by atoms with Gasteiger partial charge in [0.2, 0.25) is 10.0 Å². The van der Waals surface area contributed by atoms with Crippen molar-refractivity contribution in [2.75, 3.05) is 21.2 Å². The molecule has 29 heavy (non-hydrogen) atoms. The highest BCUT2D eigenvalue weighted by molar-refractivity contribution is 7.89. The van der Waals surface area contributed by atoms with Gasteiger partial charge in [-0.2, -0.15) is 0 Å². The van der Waals surface area contributed by atoms with E-state index < -0.39 is 22.1 Å². The number of amides is 1. The Morgan fingerprint density at radius 1 is 1.07 bits per heavy atom. The number of carbonyl (C=O) groups is 2. The first kappa shape index (κ1) is 22.4. The number of likely N-dealkylation sites (N-methyl/N-ethyl adjacent to an activating group) is 1. The van der Waals surface area contributed by atoms with Crippen LogP contribution in [-0.4, -0.2) is 52.5 Å². The van der Waals surface area contributed by atoms with Gasteiger partial charge in [0, 0.05) is 20.6 Å². The van der Waals surface area contributed by atoms with E-state index in [2.05, 4.69) is 4.72 Å². The number of benzene rings is 2. The molecule has 0 spiro atoms. The van der Waals surface area contributed by atoms with E-state index in [9.17, 15) is 18.0 Å². The fourth-order valence-electron chi connectivity index (χ4n) is 2.50. The van der Waals surface area contributed by atoms with Crippen LogP contribution in [-0.2, 0) is 26.1 Å². The predicted octanol–water partition coefficient (Wildman–Crippen LogP) is 1.81. The Morgan fingerprint density at radius 3 is 2.28 bits per heavy atom. The van der Waals surface area contributed by atoms with Crippen molar-refractivity contribution < 1.29 is 27.5 Å². The van der Waals surface area contributed by atoms with E-state index in [-0.39, 0.29) is 28.7 Å². The maximum atomic E-state index is 12.5. The van der Waals surface area contributed by atoms with E-state index >= 15 is 0 Å². The molecule has 2 rings (SSSR count). The quantitative estimate of drug-likeness (QED) is 0.654. The molecule has 2 aromatic carbocycles. The number of nitrogens with one attached hydrogen (secondary N) is 1. The normalized spacial score (nSPS) is 12.1. The molecule has 1 amide bonds. The van der Waals surface area contributed by atoms with Gasteiger partial charge < -0.3 is 14.4 Å². The third-order valence-electron chi connectivity index (χ3n) is 4.09. The number of para-hydroxylation sites is 1. The van der Waals surface area contributed by atoms with Crippen LogP contribution in [0.25, 0.3) is 0 Å². The predicted molar refractivity (Wildman–Crippen MR) is 107 cm³/mol. The van der Waals surface area contributed by atoms with E-state index in [0.29, 0.717) is 5.56 Å². The van der Waals surface area contributed by atoms with Crippen molar-refractivity contribution in [1.29, 1.82) is 0 Å². The lowest BCUT2D eigenvalue weighted by Crippen LogP contribution is -2.34. The number of carbonyl (C=O) groups excluding carboxylic acids is 2. The molecule has 0 aliphatic heterocycles. The molecule has 0 radical (unpaired) electrons. The monoisotopic (exact) mass is 420 g/mol.